The highest BCUT2D eigenvalue weighted by molar-refractivity contribution is 5.14. The van der Waals surface area contributed by atoms with Crippen LogP contribution in [-0.2, 0) is 13.6 Å². The second kappa shape index (κ2) is 4.35. The minimum atomic E-state index is 0.651. The number of nitrogens with one attached hydrogen (secondary N) is 1. The Hall–Kier alpha value is -0.830. The normalized spacial score (nSPS) is 18.9. The first-order valence-corrected chi connectivity index (χ1v) is 5.89. The quantitative estimate of drug-likeness (QED) is 0.818. The molecule has 1 N–H and O–H groups in total. The Bertz CT molecular complexity index is 326. The Labute approximate surface area is 91.9 Å². The van der Waals surface area contributed by atoms with Gasteiger partial charge < -0.3 is 5.32 Å². The second-order valence-corrected chi connectivity index (χ2v) is 4.77. The van der Waals surface area contributed by atoms with E-state index in [-0.39, 0.29) is 0 Å². The van der Waals surface area contributed by atoms with Crippen molar-refractivity contribution in [2.75, 3.05) is 0 Å². The number of hydrogen-bond acceptors (Lipinski definition) is 2. The predicted molar refractivity (Wildman–Crippen MR) is 61.6 cm³/mol. The molecule has 1 saturated carbocycles. The van der Waals surface area contributed by atoms with Crippen molar-refractivity contribution >= 4 is 0 Å². The summed E-state index contributed by atoms with van der Waals surface area (Å²) in [5.41, 5.74) is 2.47. The molecule has 0 saturated heterocycles. The fourth-order valence-corrected chi connectivity index (χ4v) is 2.20. The minimum absolute atomic E-state index is 0.651. The lowest BCUT2D eigenvalue weighted by Crippen LogP contribution is -2.36. The van der Waals surface area contributed by atoms with Crippen LogP contribution >= 0.6 is 0 Å². The highest BCUT2D eigenvalue weighted by Crippen LogP contribution is 2.29. The first-order valence-electron chi connectivity index (χ1n) is 5.89. The first kappa shape index (κ1) is 10.7. The van der Waals surface area contributed by atoms with Crippen molar-refractivity contribution in [3.05, 3.63) is 17.5 Å². The highest BCUT2D eigenvalue weighted by Gasteiger charge is 2.23. The second-order valence-electron chi connectivity index (χ2n) is 4.77. The zero-order chi connectivity index (χ0) is 10.8. The van der Waals surface area contributed by atoms with Crippen LogP contribution in [0.4, 0.5) is 0 Å². The van der Waals surface area contributed by atoms with E-state index in [1.54, 1.807) is 0 Å². The van der Waals surface area contributed by atoms with Gasteiger partial charge in [-0.05, 0) is 32.6 Å². The van der Waals surface area contributed by atoms with Crippen LogP contribution in [0.2, 0.25) is 0 Å². The van der Waals surface area contributed by atoms with Crippen molar-refractivity contribution in [1.82, 2.24) is 15.1 Å². The maximum Gasteiger partial charge on any atom is 0.0638 e. The topological polar surface area (TPSA) is 29.9 Å². The smallest absolute Gasteiger partial charge is 0.0638 e. The zero-order valence-corrected chi connectivity index (χ0v) is 9.95. The van der Waals surface area contributed by atoms with Gasteiger partial charge in [-0.15, -0.1) is 0 Å². The summed E-state index contributed by atoms with van der Waals surface area (Å²) in [5, 5.41) is 7.95. The van der Waals surface area contributed by atoms with E-state index in [1.807, 2.05) is 11.7 Å². The van der Waals surface area contributed by atoms with E-state index in [9.17, 15) is 0 Å². The van der Waals surface area contributed by atoms with Crippen molar-refractivity contribution in [2.24, 2.45) is 13.0 Å². The molecule has 2 rings (SSSR count). The van der Waals surface area contributed by atoms with Crippen LogP contribution in [0.5, 0.6) is 0 Å². The van der Waals surface area contributed by atoms with Crippen LogP contribution in [0.1, 0.15) is 37.4 Å². The molecule has 84 valence electrons. The maximum atomic E-state index is 4.34. The fourth-order valence-electron chi connectivity index (χ4n) is 2.20. The Morgan fingerprint density at radius 1 is 1.60 bits per heavy atom. The summed E-state index contributed by atoms with van der Waals surface area (Å²) in [5.74, 6) is 0.905. The molecule has 1 unspecified atom stereocenters. The third-order valence-corrected chi connectivity index (χ3v) is 3.59. The lowest BCUT2D eigenvalue weighted by molar-refractivity contribution is 0.240. The summed E-state index contributed by atoms with van der Waals surface area (Å²) in [6, 6.07) is 0.651. The van der Waals surface area contributed by atoms with Gasteiger partial charge in [0.2, 0.25) is 0 Å². The van der Waals surface area contributed by atoms with Crippen LogP contribution in [0.25, 0.3) is 0 Å². The molecule has 1 aliphatic carbocycles. The maximum absolute atomic E-state index is 4.34. The molecule has 0 bridgehead atoms. The highest BCUT2D eigenvalue weighted by atomic mass is 15.2. The molecule has 3 nitrogen and oxygen atoms in total. The molecule has 0 amide bonds. The predicted octanol–water partition coefficient (Wildman–Crippen LogP) is 2.01. The fraction of sp³-hybridized carbons (Fsp3) is 0.750. The van der Waals surface area contributed by atoms with Crippen LogP contribution in [0.15, 0.2) is 6.20 Å². The SMILES string of the molecule is Cc1nn(C)cc1CNC(C)C1CCC1. The molecule has 1 heterocycles. The number of nitrogens with zero attached hydrogens (tertiary/aromatic N) is 2. The Morgan fingerprint density at radius 2 is 2.33 bits per heavy atom. The molecular weight excluding hydrogens is 186 g/mol. The van der Waals surface area contributed by atoms with E-state index in [1.165, 1.54) is 24.8 Å². The summed E-state index contributed by atoms with van der Waals surface area (Å²) in [4.78, 5) is 0. The van der Waals surface area contributed by atoms with Gasteiger partial charge in [0, 0.05) is 31.4 Å². The van der Waals surface area contributed by atoms with E-state index >= 15 is 0 Å². The van der Waals surface area contributed by atoms with Gasteiger partial charge >= 0.3 is 0 Å². The monoisotopic (exact) mass is 207 g/mol. The van der Waals surface area contributed by atoms with Gasteiger partial charge in [0.25, 0.3) is 0 Å². The van der Waals surface area contributed by atoms with Crippen molar-refractivity contribution in [3.8, 4) is 0 Å². The molecule has 1 atom stereocenters. The average Bonchev–Trinajstić information content (AvgIpc) is 2.38. The average molecular weight is 207 g/mol. The third-order valence-electron chi connectivity index (χ3n) is 3.59. The number of aryl methyl sites for hydroxylation is 2. The standard InChI is InChI=1S/C12H21N3/c1-9(11-5-4-6-11)13-7-12-8-15(3)14-10(12)2/h8-9,11,13H,4-7H2,1-3H3. The zero-order valence-electron chi connectivity index (χ0n) is 9.95. The molecule has 3 heteroatoms. The molecule has 1 aliphatic rings. The van der Waals surface area contributed by atoms with E-state index in [4.69, 9.17) is 0 Å². The van der Waals surface area contributed by atoms with E-state index < -0.39 is 0 Å². The first-order chi connectivity index (χ1) is 7.16. The number of aromatic nitrogens is 2. The van der Waals surface area contributed by atoms with Gasteiger partial charge in [0.15, 0.2) is 0 Å². The largest absolute Gasteiger partial charge is 0.310 e. The number of rotatable bonds is 4. The van der Waals surface area contributed by atoms with Gasteiger partial charge in [-0.3, -0.25) is 4.68 Å². The van der Waals surface area contributed by atoms with Crippen molar-refractivity contribution < 1.29 is 0 Å². The Balaban J connectivity index is 1.84. The van der Waals surface area contributed by atoms with Crippen LogP contribution in [-0.4, -0.2) is 15.8 Å². The van der Waals surface area contributed by atoms with Gasteiger partial charge in [-0.1, -0.05) is 6.42 Å². The van der Waals surface area contributed by atoms with Gasteiger partial charge in [-0.2, -0.15) is 5.10 Å². The summed E-state index contributed by atoms with van der Waals surface area (Å²) >= 11 is 0. The molecule has 1 fully saturated rings. The van der Waals surface area contributed by atoms with Crippen molar-refractivity contribution in [3.63, 3.8) is 0 Å². The van der Waals surface area contributed by atoms with Crippen LogP contribution in [0, 0.1) is 12.8 Å². The van der Waals surface area contributed by atoms with E-state index in [0.29, 0.717) is 6.04 Å². The van der Waals surface area contributed by atoms with E-state index in [0.717, 1.165) is 18.2 Å². The molecule has 1 aromatic rings. The molecule has 0 aromatic carbocycles. The lowest BCUT2D eigenvalue weighted by Gasteiger charge is -2.32. The number of hydrogen-bond donors (Lipinski definition) is 1. The molecule has 15 heavy (non-hydrogen) atoms. The summed E-state index contributed by atoms with van der Waals surface area (Å²) in [7, 11) is 1.98. The lowest BCUT2D eigenvalue weighted by atomic mass is 9.80. The van der Waals surface area contributed by atoms with Gasteiger partial charge in [0.1, 0.15) is 0 Å². The summed E-state index contributed by atoms with van der Waals surface area (Å²) in [6.07, 6.45) is 6.33. The van der Waals surface area contributed by atoms with Gasteiger partial charge in [-0.25, -0.2) is 0 Å². The Morgan fingerprint density at radius 3 is 2.80 bits per heavy atom. The molecule has 0 spiro atoms. The summed E-state index contributed by atoms with van der Waals surface area (Å²) < 4.78 is 1.89. The molecular formula is C12H21N3. The summed E-state index contributed by atoms with van der Waals surface area (Å²) in [6.45, 7) is 5.33. The third kappa shape index (κ3) is 2.40. The van der Waals surface area contributed by atoms with Crippen molar-refractivity contribution in [1.29, 1.82) is 0 Å². The minimum Gasteiger partial charge on any atom is -0.310 e. The van der Waals surface area contributed by atoms with E-state index in [2.05, 4.69) is 30.5 Å². The van der Waals surface area contributed by atoms with Gasteiger partial charge in [0.05, 0.1) is 5.69 Å². The van der Waals surface area contributed by atoms with Crippen LogP contribution < -0.4 is 5.32 Å². The molecule has 1 aromatic heterocycles. The molecule has 0 radical (unpaired) electrons. The van der Waals surface area contributed by atoms with Crippen LogP contribution in [0.3, 0.4) is 0 Å². The van der Waals surface area contributed by atoms with Crippen molar-refractivity contribution in [2.45, 2.75) is 45.7 Å². The molecule has 0 aliphatic heterocycles. The Kier molecular flexibility index (Phi) is 3.10.